The van der Waals surface area contributed by atoms with E-state index in [0.29, 0.717) is 19.8 Å². The van der Waals surface area contributed by atoms with E-state index in [-0.39, 0.29) is 12.1 Å². The molecule has 0 aromatic rings. The Kier molecular flexibility index (Phi) is 5.81. The van der Waals surface area contributed by atoms with Crippen molar-refractivity contribution in [2.45, 2.75) is 18.6 Å². The zero-order valence-corrected chi connectivity index (χ0v) is 11.5. The van der Waals surface area contributed by atoms with Crippen LogP contribution >= 0.6 is 0 Å². The molecule has 1 N–H and O–H groups in total. The fourth-order valence-corrected chi connectivity index (χ4v) is 2.46. The Balaban J connectivity index is 2.42. The monoisotopic (exact) mass is 266 g/mol. The number of nitrogens with zero attached hydrogens (tertiary/aromatic N) is 1. The van der Waals surface area contributed by atoms with E-state index < -0.39 is 10.0 Å². The number of ether oxygens (including phenoxy) is 2. The van der Waals surface area contributed by atoms with Crippen molar-refractivity contribution in [3.05, 3.63) is 0 Å². The number of hydrogen-bond donors (Lipinski definition) is 1. The maximum Gasteiger partial charge on any atom is 0.209 e. The number of rotatable bonds is 6. The fourth-order valence-electron chi connectivity index (χ4n) is 1.69. The predicted molar refractivity (Wildman–Crippen MR) is 65.5 cm³/mol. The van der Waals surface area contributed by atoms with Gasteiger partial charge in [0.2, 0.25) is 10.0 Å². The van der Waals surface area contributed by atoms with Crippen molar-refractivity contribution < 1.29 is 17.9 Å². The number of likely N-dealkylation sites (N-methyl/N-ethyl adjacent to an activating group) is 1. The SMILES string of the molecule is CN(C)CCO[C@H]1CCOC[C@H]1NS(C)(=O)=O. The largest absolute Gasteiger partial charge is 0.380 e. The first-order valence-corrected chi connectivity index (χ1v) is 7.59. The van der Waals surface area contributed by atoms with E-state index in [1.165, 1.54) is 0 Å². The second-order valence-corrected chi connectivity index (χ2v) is 6.35. The molecule has 1 aliphatic heterocycles. The molecule has 6 nitrogen and oxygen atoms in total. The Labute approximate surface area is 103 Å². The molecule has 0 radical (unpaired) electrons. The second-order valence-electron chi connectivity index (χ2n) is 4.57. The van der Waals surface area contributed by atoms with Crippen molar-refractivity contribution in [2.24, 2.45) is 0 Å². The summed E-state index contributed by atoms with van der Waals surface area (Å²) < 4.78 is 35.9. The standard InChI is InChI=1S/C10H22N2O4S/c1-12(2)5-7-16-10-4-6-15-8-9(10)11-17(3,13)14/h9-11H,4-8H2,1-3H3/t9-,10+/m1/s1. The van der Waals surface area contributed by atoms with Crippen molar-refractivity contribution in [3.63, 3.8) is 0 Å². The van der Waals surface area contributed by atoms with E-state index in [9.17, 15) is 8.42 Å². The summed E-state index contributed by atoms with van der Waals surface area (Å²) in [6.07, 6.45) is 1.78. The average molecular weight is 266 g/mol. The van der Waals surface area contributed by atoms with E-state index in [0.717, 1.165) is 19.2 Å². The molecule has 0 bridgehead atoms. The van der Waals surface area contributed by atoms with Crippen LogP contribution in [0.15, 0.2) is 0 Å². The van der Waals surface area contributed by atoms with E-state index in [4.69, 9.17) is 9.47 Å². The fraction of sp³-hybridized carbons (Fsp3) is 1.00. The third-order valence-corrected chi connectivity index (χ3v) is 3.26. The third kappa shape index (κ3) is 6.32. The lowest BCUT2D eigenvalue weighted by molar-refractivity contribution is -0.0527. The first kappa shape index (κ1) is 14.8. The van der Waals surface area contributed by atoms with Gasteiger partial charge < -0.3 is 14.4 Å². The smallest absolute Gasteiger partial charge is 0.209 e. The number of nitrogens with one attached hydrogen (secondary N) is 1. The maximum atomic E-state index is 11.2. The molecule has 1 saturated heterocycles. The van der Waals surface area contributed by atoms with Crippen molar-refractivity contribution in [1.82, 2.24) is 9.62 Å². The average Bonchev–Trinajstić information content (AvgIpc) is 2.17. The van der Waals surface area contributed by atoms with Crippen LogP contribution in [0.25, 0.3) is 0 Å². The summed E-state index contributed by atoms with van der Waals surface area (Å²) >= 11 is 0. The van der Waals surface area contributed by atoms with Gasteiger partial charge in [-0.3, -0.25) is 0 Å². The lowest BCUT2D eigenvalue weighted by atomic mass is 10.1. The van der Waals surface area contributed by atoms with Gasteiger partial charge in [-0.1, -0.05) is 0 Å². The van der Waals surface area contributed by atoms with Crippen LogP contribution < -0.4 is 4.72 Å². The van der Waals surface area contributed by atoms with Gasteiger partial charge in [0.15, 0.2) is 0 Å². The van der Waals surface area contributed by atoms with Crippen molar-refractivity contribution >= 4 is 10.0 Å². The number of sulfonamides is 1. The van der Waals surface area contributed by atoms with Crippen LogP contribution in [0.4, 0.5) is 0 Å². The Morgan fingerprint density at radius 1 is 1.47 bits per heavy atom. The van der Waals surface area contributed by atoms with Crippen LogP contribution in [0.3, 0.4) is 0 Å². The Bertz CT molecular complexity index is 318. The first-order valence-electron chi connectivity index (χ1n) is 5.70. The van der Waals surface area contributed by atoms with Gasteiger partial charge in [-0.2, -0.15) is 0 Å². The summed E-state index contributed by atoms with van der Waals surface area (Å²) in [5.74, 6) is 0. The molecule has 2 atom stereocenters. The Hall–Kier alpha value is -0.210. The molecule has 0 aliphatic carbocycles. The highest BCUT2D eigenvalue weighted by Gasteiger charge is 2.28. The lowest BCUT2D eigenvalue weighted by Crippen LogP contribution is -2.50. The van der Waals surface area contributed by atoms with Crippen molar-refractivity contribution in [3.8, 4) is 0 Å². The summed E-state index contributed by atoms with van der Waals surface area (Å²) in [7, 11) is 0.725. The topological polar surface area (TPSA) is 67.9 Å². The molecule has 0 spiro atoms. The lowest BCUT2D eigenvalue weighted by Gasteiger charge is -2.31. The minimum Gasteiger partial charge on any atom is -0.380 e. The number of hydrogen-bond acceptors (Lipinski definition) is 5. The zero-order chi connectivity index (χ0) is 12.9. The van der Waals surface area contributed by atoms with Crippen LogP contribution in [-0.2, 0) is 19.5 Å². The molecule has 1 aliphatic rings. The first-order chi connectivity index (χ1) is 7.88. The molecule has 17 heavy (non-hydrogen) atoms. The van der Waals surface area contributed by atoms with E-state index in [2.05, 4.69) is 4.72 Å². The van der Waals surface area contributed by atoms with Gasteiger partial charge in [0.1, 0.15) is 0 Å². The molecule has 1 rings (SSSR count). The quantitative estimate of drug-likeness (QED) is 0.686. The molecule has 0 saturated carbocycles. The summed E-state index contributed by atoms with van der Waals surface area (Å²) in [6, 6.07) is -0.277. The highest BCUT2D eigenvalue weighted by atomic mass is 32.2. The molecule has 0 aromatic heterocycles. The van der Waals surface area contributed by atoms with Gasteiger partial charge >= 0.3 is 0 Å². The molecular formula is C10H22N2O4S. The maximum absolute atomic E-state index is 11.2. The van der Waals surface area contributed by atoms with Gasteiger partial charge in [0.05, 0.1) is 31.6 Å². The highest BCUT2D eigenvalue weighted by molar-refractivity contribution is 7.88. The van der Waals surface area contributed by atoms with Crippen LogP contribution in [0, 0.1) is 0 Å². The second kappa shape index (κ2) is 6.65. The summed E-state index contributed by atoms with van der Waals surface area (Å²) in [5, 5.41) is 0. The summed E-state index contributed by atoms with van der Waals surface area (Å²) in [5.41, 5.74) is 0. The van der Waals surface area contributed by atoms with E-state index in [1.54, 1.807) is 0 Å². The minimum atomic E-state index is -3.22. The molecule has 1 heterocycles. The Morgan fingerprint density at radius 2 is 2.18 bits per heavy atom. The van der Waals surface area contributed by atoms with E-state index in [1.807, 2.05) is 19.0 Å². The minimum absolute atomic E-state index is 0.0987. The van der Waals surface area contributed by atoms with Gasteiger partial charge in [0, 0.05) is 13.2 Å². The van der Waals surface area contributed by atoms with Gasteiger partial charge in [-0.25, -0.2) is 13.1 Å². The third-order valence-electron chi connectivity index (χ3n) is 2.53. The van der Waals surface area contributed by atoms with Gasteiger partial charge in [-0.05, 0) is 20.5 Å². The summed E-state index contributed by atoms with van der Waals surface area (Å²) in [4.78, 5) is 2.03. The molecule has 0 amide bonds. The van der Waals surface area contributed by atoms with Crippen molar-refractivity contribution in [2.75, 3.05) is 46.7 Å². The molecule has 102 valence electrons. The molecule has 0 unspecified atom stereocenters. The summed E-state index contributed by atoms with van der Waals surface area (Å²) in [6.45, 7) is 2.41. The normalized spacial score (nSPS) is 26.4. The molecular weight excluding hydrogens is 244 g/mol. The predicted octanol–water partition coefficient (Wildman–Crippen LogP) is -0.729. The van der Waals surface area contributed by atoms with E-state index >= 15 is 0 Å². The molecule has 1 fully saturated rings. The molecule has 0 aromatic carbocycles. The molecule has 7 heteroatoms. The van der Waals surface area contributed by atoms with Crippen LogP contribution in [0.2, 0.25) is 0 Å². The van der Waals surface area contributed by atoms with Crippen LogP contribution in [0.1, 0.15) is 6.42 Å². The van der Waals surface area contributed by atoms with Crippen LogP contribution in [0.5, 0.6) is 0 Å². The zero-order valence-electron chi connectivity index (χ0n) is 10.7. The van der Waals surface area contributed by atoms with Crippen molar-refractivity contribution in [1.29, 1.82) is 0 Å². The van der Waals surface area contributed by atoms with Crippen LogP contribution in [-0.4, -0.2) is 72.2 Å². The van der Waals surface area contributed by atoms with Gasteiger partial charge in [-0.15, -0.1) is 0 Å². The highest BCUT2D eigenvalue weighted by Crippen LogP contribution is 2.12. The Morgan fingerprint density at radius 3 is 2.76 bits per heavy atom. The van der Waals surface area contributed by atoms with Gasteiger partial charge in [0.25, 0.3) is 0 Å².